The molecule has 0 spiro atoms. The number of hydrogen-bond donors (Lipinski definition) is 0. The van der Waals surface area contributed by atoms with Crippen molar-refractivity contribution < 1.29 is 9.53 Å². The van der Waals surface area contributed by atoms with E-state index >= 15 is 0 Å². The Hall–Kier alpha value is -1.27. The second kappa shape index (κ2) is 5.39. The Balaban J connectivity index is 2.32. The first-order chi connectivity index (χ1) is 6.29. The van der Waals surface area contributed by atoms with Crippen LogP contribution in [0, 0.1) is 12.0 Å². The highest BCUT2D eigenvalue weighted by Crippen LogP contribution is 1.93. The molecule has 1 rings (SSSR count). The van der Waals surface area contributed by atoms with Crippen LogP contribution in [0.25, 0.3) is 0 Å². The van der Waals surface area contributed by atoms with E-state index in [9.17, 15) is 4.79 Å². The zero-order valence-electron chi connectivity index (χ0n) is 7.75. The van der Waals surface area contributed by atoms with Crippen molar-refractivity contribution in [1.29, 1.82) is 0 Å². The van der Waals surface area contributed by atoms with Crippen LogP contribution in [0.15, 0.2) is 12.2 Å². The first-order valence-corrected chi connectivity index (χ1v) is 4.30. The van der Waals surface area contributed by atoms with Gasteiger partial charge in [0.05, 0.1) is 13.2 Å². The van der Waals surface area contributed by atoms with Gasteiger partial charge in [-0.15, -0.1) is 0 Å². The van der Waals surface area contributed by atoms with Crippen LogP contribution in [-0.4, -0.2) is 37.0 Å². The maximum absolute atomic E-state index is 10.5. The molecule has 0 atom stereocenters. The summed E-state index contributed by atoms with van der Waals surface area (Å²) < 4.78 is 5.16. The molecular formula is C10H13NO2. The van der Waals surface area contributed by atoms with Crippen LogP contribution in [0.2, 0.25) is 0 Å². The van der Waals surface area contributed by atoms with Gasteiger partial charge in [-0.2, -0.15) is 0 Å². The largest absolute Gasteiger partial charge is 0.378 e. The summed E-state index contributed by atoms with van der Waals surface area (Å²) in [6.45, 7) is 4.69. The van der Waals surface area contributed by atoms with Crippen molar-refractivity contribution in [2.75, 3.05) is 26.3 Å². The van der Waals surface area contributed by atoms with Crippen LogP contribution < -0.4 is 0 Å². The van der Waals surface area contributed by atoms with Crippen LogP contribution in [0.4, 0.5) is 0 Å². The zero-order valence-corrected chi connectivity index (χ0v) is 7.75. The van der Waals surface area contributed by atoms with E-state index in [0.717, 1.165) is 26.3 Å². The summed E-state index contributed by atoms with van der Waals surface area (Å²) in [5.74, 6) is 2.83. The minimum Gasteiger partial charge on any atom is -0.378 e. The van der Waals surface area contributed by atoms with Crippen LogP contribution in [0.5, 0.6) is 0 Å². The van der Waals surface area contributed by atoms with Crippen LogP contribution >= 0.6 is 0 Å². The predicted molar refractivity (Wildman–Crippen MR) is 50.0 cm³/mol. The van der Waals surface area contributed by atoms with E-state index in [4.69, 9.17) is 4.74 Å². The summed E-state index contributed by atoms with van der Waals surface area (Å²) in [6.07, 6.45) is 3.05. The Bertz CT molecular complexity index is 254. The number of hydrogen-bond acceptors (Lipinski definition) is 3. The van der Waals surface area contributed by atoms with Crippen molar-refractivity contribution in [3.8, 4) is 12.0 Å². The Morgan fingerprint density at radius 3 is 2.77 bits per heavy atom. The minimum absolute atomic E-state index is 0.0243. The predicted octanol–water partition coefficient (Wildman–Crippen LogP) is 0.425. The van der Waals surface area contributed by atoms with Gasteiger partial charge < -0.3 is 9.64 Å². The topological polar surface area (TPSA) is 29.5 Å². The van der Waals surface area contributed by atoms with Gasteiger partial charge in [0.1, 0.15) is 0 Å². The molecule has 0 saturated carbocycles. The number of carbonyl (C=O) groups is 1. The quantitative estimate of drug-likeness (QED) is 0.431. The number of ketones is 1. The lowest BCUT2D eigenvalue weighted by Gasteiger charge is -2.22. The van der Waals surface area contributed by atoms with Gasteiger partial charge in [0, 0.05) is 19.1 Å². The molecule has 1 aliphatic rings. The SMILES string of the molecule is CC(=O)/C=C/C#CN1CCOCC1. The number of ether oxygens (including phenoxy) is 1. The van der Waals surface area contributed by atoms with Gasteiger partial charge in [-0.25, -0.2) is 0 Å². The Kier molecular flexibility index (Phi) is 4.07. The fourth-order valence-electron chi connectivity index (χ4n) is 0.963. The number of allylic oxidation sites excluding steroid dienone is 2. The molecule has 0 aromatic carbocycles. The third kappa shape index (κ3) is 4.34. The fraction of sp³-hybridized carbons (Fsp3) is 0.500. The van der Waals surface area contributed by atoms with Crippen molar-refractivity contribution >= 4 is 5.78 Å². The molecule has 1 heterocycles. The van der Waals surface area contributed by atoms with Gasteiger partial charge >= 0.3 is 0 Å². The summed E-state index contributed by atoms with van der Waals surface area (Å²) in [6, 6.07) is 2.94. The number of nitrogens with zero attached hydrogens (tertiary/aromatic N) is 1. The van der Waals surface area contributed by atoms with Crippen LogP contribution in [0.3, 0.4) is 0 Å². The molecule has 1 saturated heterocycles. The lowest BCUT2D eigenvalue weighted by Crippen LogP contribution is -2.32. The van der Waals surface area contributed by atoms with Gasteiger partial charge in [0.15, 0.2) is 5.78 Å². The van der Waals surface area contributed by atoms with E-state index in [1.165, 1.54) is 13.0 Å². The van der Waals surface area contributed by atoms with Gasteiger partial charge in [-0.05, 0) is 19.1 Å². The lowest BCUT2D eigenvalue weighted by atomic mass is 10.4. The maximum Gasteiger partial charge on any atom is 0.153 e. The van der Waals surface area contributed by atoms with Crippen molar-refractivity contribution in [3.63, 3.8) is 0 Å². The Morgan fingerprint density at radius 1 is 1.46 bits per heavy atom. The normalized spacial score (nSPS) is 16.8. The average Bonchev–Trinajstić information content (AvgIpc) is 2.14. The fourth-order valence-corrected chi connectivity index (χ4v) is 0.963. The van der Waals surface area contributed by atoms with Crippen molar-refractivity contribution in [1.82, 2.24) is 4.90 Å². The highest BCUT2D eigenvalue weighted by Gasteiger charge is 2.04. The molecule has 0 bridgehead atoms. The highest BCUT2D eigenvalue weighted by atomic mass is 16.5. The van der Waals surface area contributed by atoms with Gasteiger partial charge in [0.2, 0.25) is 0 Å². The summed E-state index contributed by atoms with van der Waals surface area (Å²) >= 11 is 0. The molecule has 0 unspecified atom stereocenters. The Labute approximate surface area is 78.4 Å². The van der Waals surface area contributed by atoms with E-state index in [1.807, 2.05) is 4.90 Å². The summed E-state index contributed by atoms with van der Waals surface area (Å²) in [5, 5.41) is 0. The molecule has 0 aliphatic carbocycles. The highest BCUT2D eigenvalue weighted by molar-refractivity contribution is 5.87. The van der Waals surface area contributed by atoms with E-state index < -0.39 is 0 Å². The third-order valence-electron chi connectivity index (χ3n) is 1.64. The van der Waals surface area contributed by atoms with Gasteiger partial charge in [-0.3, -0.25) is 4.79 Å². The first-order valence-electron chi connectivity index (χ1n) is 4.30. The second-order valence-electron chi connectivity index (χ2n) is 2.80. The van der Waals surface area contributed by atoms with E-state index in [1.54, 1.807) is 6.08 Å². The molecule has 0 amide bonds. The molecule has 0 aromatic heterocycles. The second-order valence-corrected chi connectivity index (χ2v) is 2.80. The van der Waals surface area contributed by atoms with E-state index in [-0.39, 0.29) is 5.78 Å². The molecule has 0 aromatic rings. The van der Waals surface area contributed by atoms with Crippen molar-refractivity contribution in [2.45, 2.75) is 6.92 Å². The molecule has 0 radical (unpaired) electrons. The zero-order chi connectivity index (χ0) is 9.52. The molecular weight excluding hydrogens is 166 g/mol. The average molecular weight is 179 g/mol. The number of carbonyl (C=O) groups excluding carboxylic acids is 1. The van der Waals surface area contributed by atoms with E-state index in [0.29, 0.717) is 0 Å². The smallest absolute Gasteiger partial charge is 0.153 e. The molecule has 70 valence electrons. The molecule has 1 aliphatic heterocycles. The molecule has 3 heteroatoms. The Morgan fingerprint density at radius 2 is 2.15 bits per heavy atom. The standard InChI is InChI=1S/C10H13NO2/c1-10(12)4-2-3-5-11-6-8-13-9-7-11/h2,4H,6-9H2,1H3/b4-2+. The summed E-state index contributed by atoms with van der Waals surface area (Å²) in [4.78, 5) is 12.5. The van der Waals surface area contributed by atoms with Crippen LogP contribution in [-0.2, 0) is 9.53 Å². The molecule has 0 N–H and O–H groups in total. The summed E-state index contributed by atoms with van der Waals surface area (Å²) in [7, 11) is 0. The van der Waals surface area contributed by atoms with Gasteiger partial charge in [-0.1, -0.05) is 5.92 Å². The minimum atomic E-state index is 0.0243. The van der Waals surface area contributed by atoms with Gasteiger partial charge in [0.25, 0.3) is 0 Å². The summed E-state index contributed by atoms with van der Waals surface area (Å²) in [5.41, 5.74) is 0. The van der Waals surface area contributed by atoms with Crippen molar-refractivity contribution in [3.05, 3.63) is 12.2 Å². The van der Waals surface area contributed by atoms with Crippen molar-refractivity contribution in [2.24, 2.45) is 0 Å². The number of rotatable bonds is 1. The lowest BCUT2D eigenvalue weighted by molar-refractivity contribution is -0.112. The monoisotopic (exact) mass is 179 g/mol. The first kappa shape index (κ1) is 9.82. The molecule has 1 fully saturated rings. The molecule has 3 nitrogen and oxygen atoms in total. The number of morpholine rings is 1. The van der Waals surface area contributed by atoms with Crippen LogP contribution in [0.1, 0.15) is 6.92 Å². The third-order valence-corrected chi connectivity index (χ3v) is 1.64. The molecule has 13 heavy (non-hydrogen) atoms. The van der Waals surface area contributed by atoms with E-state index in [2.05, 4.69) is 12.0 Å². The maximum atomic E-state index is 10.5.